The van der Waals surface area contributed by atoms with Crippen molar-refractivity contribution in [2.75, 3.05) is 13.2 Å². The Morgan fingerprint density at radius 1 is 1.38 bits per heavy atom. The van der Waals surface area contributed by atoms with Gasteiger partial charge in [-0.2, -0.15) is 0 Å². The third-order valence-electron chi connectivity index (χ3n) is 3.93. The van der Waals surface area contributed by atoms with Crippen LogP contribution in [0, 0.1) is 0 Å². The molecule has 1 aromatic carbocycles. The van der Waals surface area contributed by atoms with Gasteiger partial charge in [-0.25, -0.2) is 8.78 Å². The Balaban J connectivity index is 1.71. The van der Waals surface area contributed by atoms with Crippen LogP contribution < -0.4 is 15.4 Å². The van der Waals surface area contributed by atoms with E-state index in [1.54, 1.807) is 0 Å². The quantitative estimate of drug-likeness (QED) is 0.878. The molecular formula is C15H18F2N2O2. The van der Waals surface area contributed by atoms with E-state index in [-0.39, 0.29) is 11.9 Å². The molecule has 1 amide bonds. The Hall–Kier alpha value is -1.69. The number of rotatable bonds is 2. The predicted molar refractivity (Wildman–Crippen MR) is 73.4 cm³/mol. The lowest BCUT2D eigenvalue weighted by Gasteiger charge is -2.20. The molecule has 2 aliphatic heterocycles. The van der Waals surface area contributed by atoms with Crippen molar-refractivity contribution in [2.45, 2.75) is 37.3 Å². The smallest absolute Gasteiger partial charge is 0.262 e. The maximum absolute atomic E-state index is 13.2. The zero-order valence-corrected chi connectivity index (χ0v) is 11.6. The van der Waals surface area contributed by atoms with E-state index < -0.39 is 24.9 Å². The SMILES string of the molecule is O=C(NC1CCCOc2ccccc21)C1CC(F)(F)CN1. The van der Waals surface area contributed by atoms with Gasteiger partial charge in [0, 0.05) is 12.0 Å². The molecule has 0 aromatic heterocycles. The Kier molecular flexibility index (Phi) is 3.80. The molecular weight excluding hydrogens is 278 g/mol. The number of nitrogens with one attached hydrogen (secondary N) is 2. The maximum atomic E-state index is 13.2. The molecule has 1 fully saturated rings. The number of amides is 1. The Morgan fingerprint density at radius 2 is 2.19 bits per heavy atom. The van der Waals surface area contributed by atoms with Gasteiger partial charge in [-0.05, 0) is 18.9 Å². The minimum Gasteiger partial charge on any atom is -0.493 e. The number of benzene rings is 1. The van der Waals surface area contributed by atoms with Gasteiger partial charge in [-0.3, -0.25) is 10.1 Å². The van der Waals surface area contributed by atoms with Crippen molar-refractivity contribution in [3.8, 4) is 5.75 Å². The zero-order valence-electron chi connectivity index (χ0n) is 11.6. The first-order valence-electron chi connectivity index (χ1n) is 7.18. The molecule has 3 rings (SSSR count). The van der Waals surface area contributed by atoms with E-state index in [1.807, 2.05) is 24.3 Å². The van der Waals surface area contributed by atoms with E-state index in [2.05, 4.69) is 10.6 Å². The van der Waals surface area contributed by atoms with Gasteiger partial charge in [0.15, 0.2) is 0 Å². The summed E-state index contributed by atoms with van der Waals surface area (Å²) >= 11 is 0. The molecule has 21 heavy (non-hydrogen) atoms. The number of ether oxygens (including phenoxy) is 1. The molecule has 0 saturated carbocycles. The van der Waals surface area contributed by atoms with Crippen LogP contribution in [0.2, 0.25) is 0 Å². The number of hydrogen-bond donors (Lipinski definition) is 2. The first-order chi connectivity index (χ1) is 10.1. The summed E-state index contributed by atoms with van der Waals surface area (Å²) in [6.45, 7) is 0.165. The highest BCUT2D eigenvalue weighted by atomic mass is 19.3. The highest BCUT2D eigenvalue weighted by molar-refractivity contribution is 5.82. The predicted octanol–water partition coefficient (Wildman–Crippen LogP) is 2.01. The lowest BCUT2D eigenvalue weighted by atomic mass is 10.0. The average Bonchev–Trinajstić information content (AvgIpc) is 2.70. The van der Waals surface area contributed by atoms with Crippen LogP contribution >= 0.6 is 0 Å². The highest BCUT2D eigenvalue weighted by Crippen LogP contribution is 2.32. The van der Waals surface area contributed by atoms with Crippen molar-refractivity contribution in [1.82, 2.24) is 10.6 Å². The van der Waals surface area contributed by atoms with Crippen LogP contribution in [-0.4, -0.2) is 31.0 Å². The number of fused-ring (bicyclic) bond motifs is 1. The number of carbonyl (C=O) groups is 1. The van der Waals surface area contributed by atoms with Gasteiger partial charge in [0.05, 0.1) is 25.2 Å². The Morgan fingerprint density at radius 3 is 2.95 bits per heavy atom. The summed E-state index contributed by atoms with van der Waals surface area (Å²) in [5, 5.41) is 5.46. The molecule has 2 unspecified atom stereocenters. The number of alkyl halides is 2. The summed E-state index contributed by atoms with van der Waals surface area (Å²) in [4.78, 5) is 12.2. The Labute approximate surface area is 121 Å². The summed E-state index contributed by atoms with van der Waals surface area (Å²) in [7, 11) is 0. The number of hydrogen-bond acceptors (Lipinski definition) is 3. The van der Waals surface area contributed by atoms with Gasteiger partial charge in [0.1, 0.15) is 5.75 Å². The van der Waals surface area contributed by atoms with Crippen molar-refractivity contribution in [1.29, 1.82) is 0 Å². The van der Waals surface area contributed by atoms with Gasteiger partial charge in [0.2, 0.25) is 5.91 Å². The van der Waals surface area contributed by atoms with Gasteiger partial charge < -0.3 is 10.1 Å². The van der Waals surface area contributed by atoms with E-state index in [4.69, 9.17) is 4.74 Å². The molecule has 0 spiro atoms. The molecule has 2 N–H and O–H groups in total. The second kappa shape index (κ2) is 5.60. The maximum Gasteiger partial charge on any atom is 0.262 e. The lowest BCUT2D eigenvalue weighted by molar-refractivity contribution is -0.124. The van der Waals surface area contributed by atoms with E-state index >= 15 is 0 Å². The number of carbonyl (C=O) groups excluding carboxylic acids is 1. The highest BCUT2D eigenvalue weighted by Gasteiger charge is 2.42. The number of para-hydroxylation sites is 1. The molecule has 0 aliphatic carbocycles. The summed E-state index contributed by atoms with van der Waals surface area (Å²) in [5.41, 5.74) is 0.910. The second-order valence-corrected chi connectivity index (χ2v) is 5.58. The first-order valence-corrected chi connectivity index (χ1v) is 7.18. The standard InChI is InChI=1S/C15H18F2N2O2/c16-15(17)8-12(18-9-15)14(20)19-11-5-3-7-21-13-6-2-1-4-10(11)13/h1-2,4,6,11-12,18H,3,5,7-9H2,(H,19,20). The van der Waals surface area contributed by atoms with Gasteiger partial charge >= 0.3 is 0 Å². The topological polar surface area (TPSA) is 50.4 Å². The van der Waals surface area contributed by atoms with Gasteiger partial charge in [0.25, 0.3) is 5.92 Å². The van der Waals surface area contributed by atoms with Crippen LogP contribution in [0.25, 0.3) is 0 Å². The fourth-order valence-corrected chi connectivity index (χ4v) is 2.85. The van der Waals surface area contributed by atoms with E-state index in [1.165, 1.54) is 0 Å². The van der Waals surface area contributed by atoms with Crippen molar-refractivity contribution in [2.24, 2.45) is 0 Å². The third kappa shape index (κ3) is 3.15. The third-order valence-corrected chi connectivity index (χ3v) is 3.93. The molecule has 0 bridgehead atoms. The molecule has 2 heterocycles. The molecule has 1 saturated heterocycles. The van der Waals surface area contributed by atoms with Crippen molar-refractivity contribution in [3.05, 3.63) is 29.8 Å². The monoisotopic (exact) mass is 296 g/mol. The summed E-state index contributed by atoms with van der Waals surface area (Å²) < 4.78 is 32.0. The van der Waals surface area contributed by atoms with Crippen LogP contribution in [-0.2, 0) is 4.79 Å². The normalized spacial score (nSPS) is 27.3. The molecule has 114 valence electrons. The molecule has 1 aromatic rings. The first kappa shape index (κ1) is 14.3. The van der Waals surface area contributed by atoms with Gasteiger partial charge in [-0.15, -0.1) is 0 Å². The van der Waals surface area contributed by atoms with Crippen LogP contribution in [0.15, 0.2) is 24.3 Å². The molecule has 0 radical (unpaired) electrons. The van der Waals surface area contributed by atoms with Crippen LogP contribution in [0.3, 0.4) is 0 Å². The minimum atomic E-state index is -2.80. The van der Waals surface area contributed by atoms with Gasteiger partial charge in [-0.1, -0.05) is 18.2 Å². The second-order valence-electron chi connectivity index (χ2n) is 5.58. The Bertz CT molecular complexity index is 536. The fraction of sp³-hybridized carbons (Fsp3) is 0.533. The van der Waals surface area contributed by atoms with Crippen LogP contribution in [0.1, 0.15) is 30.9 Å². The summed E-state index contributed by atoms with van der Waals surface area (Å²) in [5.74, 6) is -2.41. The molecule has 6 heteroatoms. The fourth-order valence-electron chi connectivity index (χ4n) is 2.85. The van der Waals surface area contributed by atoms with Crippen molar-refractivity contribution in [3.63, 3.8) is 0 Å². The number of halogens is 2. The van der Waals surface area contributed by atoms with E-state index in [0.717, 1.165) is 24.2 Å². The molecule has 4 nitrogen and oxygen atoms in total. The average molecular weight is 296 g/mol. The zero-order chi connectivity index (χ0) is 14.9. The van der Waals surface area contributed by atoms with E-state index in [0.29, 0.717) is 6.61 Å². The van der Waals surface area contributed by atoms with Crippen LogP contribution in [0.5, 0.6) is 5.75 Å². The van der Waals surface area contributed by atoms with Crippen molar-refractivity contribution < 1.29 is 18.3 Å². The summed E-state index contributed by atoms with van der Waals surface area (Å²) in [6, 6.07) is 6.52. The lowest BCUT2D eigenvalue weighted by Crippen LogP contribution is -2.42. The molecule has 2 atom stereocenters. The van der Waals surface area contributed by atoms with E-state index in [9.17, 15) is 13.6 Å². The van der Waals surface area contributed by atoms with Crippen LogP contribution in [0.4, 0.5) is 8.78 Å². The van der Waals surface area contributed by atoms with Crippen molar-refractivity contribution >= 4 is 5.91 Å². The minimum absolute atomic E-state index is 0.188. The largest absolute Gasteiger partial charge is 0.493 e. The molecule has 2 aliphatic rings. The summed E-state index contributed by atoms with van der Waals surface area (Å²) in [6.07, 6.45) is 1.11.